The lowest BCUT2D eigenvalue weighted by molar-refractivity contribution is -0.144. The minimum atomic E-state index is -4.30. The molecule has 1 fully saturated rings. The standard InChI is InChI=1S/C11H19F3N4O2/c12-11(13,14)4-1-10(19)16-8-2-5-18(6-3-8)7-9(15)17-20/h8,20H,1-7H2,(H2,15,17)(H,16,19). The summed E-state index contributed by atoms with van der Waals surface area (Å²) in [7, 11) is 0. The molecule has 1 saturated heterocycles. The molecular weight excluding hydrogens is 277 g/mol. The molecular formula is C11H19F3N4O2. The Labute approximate surface area is 114 Å². The van der Waals surface area contributed by atoms with E-state index in [0.717, 1.165) is 0 Å². The van der Waals surface area contributed by atoms with Gasteiger partial charge in [0.2, 0.25) is 5.91 Å². The number of nitrogens with one attached hydrogen (secondary N) is 1. The Hall–Kier alpha value is -1.51. The maximum absolute atomic E-state index is 12.0. The van der Waals surface area contributed by atoms with Crippen LogP contribution in [-0.4, -0.2) is 53.7 Å². The number of hydrogen-bond donors (Lipinski definition) is 3. The molecule has 0 unspecified atom stereocenters. The molecule has 1 rings (SSSR count). The molecule has 0 aromatic rings. The molecule has 0 spiro atoms. The Morgan fingerprint density at radius 2 is 2.00 bits per heavy atom. The van der Waals surface area contributed by atoms with Crippen LogP contribution >= 0.6 is 0 Å². The van der Waals surface area contributed by atoms with E-state index in [-0.39, 0.29) is 11.9 Å². The second-order valence-electron chi connectivity index (χ2n) is 4.82. The van der Waals surface area contributed by atoms with Crippen LogP contribution < -0.4 is 11.1 Å². The van der Waals surface area contributed by atoms with Crippen molar-refractivity contribution in [1.82, 2.24) is 10.2 Å². The number of hydrogen-bond acceptors (Lipinski definition) is 4. The fourth-order valence-electron chi connectivity index (χ4n) is 2.05. The zero-order valence-electron chi connectivity index (χ0n) is 11.0. The van der Waals surface area contributed by atoms with Crippen molar-refractivity contribution in [2.45, 2.75) is 37.9 Å². The molecule has 1 amide bonds. The first-order valence-corrected chi connectivity index (χ1v) is 6.35. The van der Waals surface area contributed by atoms with E-state index < -0.39 is 24.9 Å². The summed E-state index contributed by atoms with van der Waals surface area (Å²) in [5.74, 6) is -0.463. The van der Waals surface area contributed by atoms with Gasteiger partial charge >= 0.3 is 6.18 Å². The molecule has 6 nitrogen and oxygen atoms in total. The third-order valence-electron chi connectivity index (χ3n) is 3.10. The highest BCUT2D eigenvalue weighted by atomic mass is 19.4. The molecule has 0 aromatic heterocycles. The van der Waals surface area contributed by atoms with E-state index in [4.69, 9.17) is 10.9 Å². The van der Waals surface area contributed by atoms with Crippen LogP contribution in [0, 0.1) is 0 Å². The Morgan fingerprint density at radius 1 is 1.40 bits per heavy atom. The zero-order valence-corrected chi connectivity index (χ0v) is 11.0. The van der Waals surface area contributed by atoms with E-state index in [1.54, 1.807) is 0 Å². The monoisotopic (exact) mass is 296 g/mol. The Bertz CT molecular complexity index is 352. The van der Waals surface area contributed by atoms with Gasteiger partial charge in [-0.05, 0) is 12.8 Å². The van der Waals surface area contributed by atoms with E-state index in [1.807, 2.05) is 4.90 Å². The molecule has 4 N–H and O–H groups in total. The quantitative estimate of drug-likeness (QED) is 0.301. The number of amides is 1. The van der Waals surface area contributed by atoms with Crippen molar-refractivity contribution in [2.75, 3.05) is 19.6 Å². The van der Waals surface area contributed by atoms with Gasteiger partial charge in [0.1, 0.15) is 0 Å². The predicted octanol–water partition coefficient (Wildman–Crippen LogP) is 0.656. The third-order valence-corrected chi connectivity index (χ3v) is 3.10. The molecule has 1 aliphatic rings. The summed E-state index contributed by atoms with van der Waals surface area (Å²) in [6.07, 6.45) is -4.66. The maximum Gasteiger partial charge on any atom is 0.389 e. The van der Waals surface area contributed by atoms with Gasteiger partial charge in [0, 0.05) is 25.6 Å². The van der Waals surface area contributed by atoms with Crippen LogP contribution in [0.25, 0.3) is 0 Å². The highest BCUT2D eigenvalue weighted by Gasteiger charge is 2.28. The topological polar surface area (TPSA) is 91.0 Å². The number of carbonyl (C=O) groups is 1. The van der Waals surface area contributed by atoms with Crippen molar-refractivity contribution >= 4 is 11.7 Å². The Balaban J connectivity index is 2.23. The SMILES string of the molecule is NC(CN1CCC(NC(=O)CCC(F)(F)F)CC1)=NO. The lowest BCUT2D eigenvalue weighted by Crippen LogP contribution is -2.46. The second kappa shape index (κ2) is 7.32. The number of nitrogens with two attached hydrogens (primary N) is 1. The average molecular weight is 296 g/mol. The van der Waals surface area contributed by atoms with Crippen LogP contribution in [0.4, 0.5) is 13.2 Å². The van der Waals surface area contributed by atoms with Crippen molar-refractivity contribution in [3.8, 4) is 0 Å². The van der Waals surface area contributed by atoms with Gasteiger partial charge in [-0.3, -0.25) is 9.69 Å². The number of amidine groups is 1. The van der Waals surface area contributed by atoms with Gasteiger partial charge in [0.05, 0.1) is 13.0 Å². The van der Waals surface area contributed by atoms with Crippen LogP contribution in [-0.2, 0) is 4.79 Å². The maximum atomic E-state index is 12.0. The number of piperidine rings is 1. The number of alkyl halides is 3. The van der Waals surface area contributed by atoms with E-state index >= 15 is 0 Å². The zero-order chi connectivity index (χ0) is 15.2. The number of nitrogens with zero attached hydrogens (tertiary/aromatic N) is 2. The lowest BCUT2D eigenvalue weighted by atomic mass is 10.0. The van der Waals surface area contributed by atoms with Crippen LogP contribution in [0.2, 0.25) is 0 Å². The molecule has 116 valence electrons. The van der Waals surface area contributed by atoms with Crippen molar-refractivity contribution < 1.29 is 23.2 Å². The van der Waals surface area contributed by atoms with E-state index in [0.29, 0.717) is 32.5 Å². The first kappa shape index (κ1) is 16.5. The van der Waals surface area contributed by atoms with Gasteiger partial charge in [-0.1, -0.05) is 5.16 Å². The summed E-state index contributed by atoms with van der Waals surface area (Å²) in [4.78, 5) is 13.3. The first-order chi connectivity index (χ1) is 9.30. The van der Waals surface area contributed by atoms with Gasteiger partial charge in [-0.25, -0.2) is 0 Å². The van der Waals surface area contributed by atoms with Crippen molar-refractivity contribution in [1.29, 1.82) is 0 Å². The summed E-state index contributed by atoms with van der Waals surface area (Å²) < 4.78 is 35.9. The minimum Gasteiger partial charge on any atom is -0.409 e. The summed E-state index contributed by atoms with van der Waals surface area (Å²) >= 11 is 0. The molecule has 0 radical (unpaired) electrons. The van der Waals surface area contributed by atoms with Crippen molar-refractivity contribution in [2.24, 2.45) is 10.9 Å². The van der Waals surface area contributed by atoms with Gasteiger partial charge in [0.15, 0.2) is 5.84 Å². The number of oxime groups is 1. The molecule has 0 aliphatic carbocycles. The molecule has 0 bridgehead atoms. The summed E-state index contributed by atoms with van der Waals surface area (Å²) in [5, 5.41) is 13.9. The van der Waals surface area contributed by atoms with Gasteiger partial charge in [-0.15, -0.1) is 0 Å². The molecule has 0 saturated carbocycles. The summed E-state index contributed by atoms with van der Waals surface area (Å²) in [6, 6.07) is -0.112. The molecule has 0 aromatic carbocycles. The first-order valence-electron chi connectivity index (χ1n) is 6.35. The normalized spacial score (nSPS) is 19.1. The number of rotatable bonds is 5. The van der Waals surface area contributed by atoms with Gasteiger partial charge < -0.3 is 16.3 Å². The van der Waals surface area contributed by atoms with Crippen LogP contribution in [0.1, 0.15) is 25.7 Å². The van der Waals surface area contributed by atoms with Crippen LogP contribution in [0.15, 0.2) is 5.16 Å². The summed E-state index contributed by atoms with van der Waals surface area (Å²) in [5.41, 5.74) is 5.38. The highest BCUT2D eigenvalue weighted by molar-refractivity contribution is 5.81. The Kier molecular flexibility index (Phi) is 6.05. The smallest absolute Gasteiger partial charge is 0.389 e. The van der Waals surface area contributed by atoms with E-state index in [9.17, 15) is 18.0 Å². The average Bonchev–Trinajstić information content (AvgIpc) is 2.38. The van der Waals surface area contributed by atoms with Crippen molar-refractivity contribution in [3.05, 3.63) is 0 Å². The van der Waals surface area contributed by atoms with E-state index in [1.165, 1.54) is 0 Å². The fraction of sp³-hybridized carbons (Fsp3) is 0.818. The number of halogens is 3. The number of likely N-dealkylation sites (tertiary alicyclic amines) is 1. The largest absolute Gasteiger partial charge is 0.409 e. The predicted molar refractivity (Wildman–Crippen MR) is 66.3 cm³/mol. The van der Waals surface area contributed by atoms with Crippen LogP contribution in [0.3, 0.4) is 0 Å². The summed E-state index contributed by atoms with van der Waals surface area (Å²) in [6.45, 7) is 1.62. The highest BCUT2D eigenvalue weighted by Crippen LogP contribution is 2.21. The molecule has 20 heavy (non-hydrogen) atoms. The molecule has 0 atom stereocenters. The Morgan fingerprint density at radius 3 is 2.50 bits per heavy atom. The molecule has 1 aliphatic heterocycles. The lowest BCUT2D eigenvalue weighted by Gasteiger charge is -2.31. The third kappa shape index (κ3) is 6.60. The van der Waals surface area contributed by atoms with Crippen LogP contribution in [0.5, 0.6) is 0 Å². The van der Waals surface area contributed by atoms with Gasteiger partial charge in [-0.2, -0.15) is 13.2 Å². The second-order valence-corrected chi connectivity index (χ2v) is 4.82. The minimum absolute atomic E-state index is 0.109. The molecule has 1 heterocycles. The van der Waals surface area contributed by atoms with E-state index in [2.05, 4.69) is 10.5 Å². The number of carbonyl (C=O) groups excluding carboxylic acids is 1. The van der Waals surface area contributed by atoms with Gasteiger partial charge in [0.25, 0.3) is 0 Å². The fourth-order valence-corrected chi connectivity index (χ4v) is 2.05. The molecule has 9 heteroatoms. The van der Waals surface area contributed by atoms with Crippen molar-refractivity contribution in [3.63, 3.8) is 0 Å².